The molecular weight excluding hydrogens is 312 g/mol. The van der Waals surface area contributed by atoms with Crippen LogP contribution in [-0.4, -0.2) is 28.6 Å². The van der Waals surface area contributed by atoms with E-state index in [4.69, 9.17) is 0 Å². The number of aromatic nitrogens is 2. The average Bonchev–Trinajstić information content (AvgIpc) is 2.96. The van der Waals surface area contributed by atoms with Gasteiger partial charge < -0.3 is 10.6 Å². The number of anilines is 1. The summed E-state index contributed by atoms with van der Waals surface area (Å²) < 4.78 is 0. The van der Waals surface area contributed by atoms with Crippen molar-refractivity contribution in [1.82, 2.24) is 15.5 Å². The summed E-state index contributed by atoms with van der Waals surface area (Å²) in [4.78, 5) is 23.9. The summed E-state index contributed by atoms with van der Waals surface area (Å²) in [5.74, 6) is -0.0815. The molecule has 0 aliphatic heterocycles. The van der Waals surface area contributed by atoms with Crippen LogP contribution in [0.25, 0.3) is 0 Å². The van der Waals surface area contributed by atoms with E-state index >= 15 is 0 Å². The lowest BCUT2D eigenvalue weighted by Crippen LogP contribution is -2.28. The molecule has 0 spiro atoms. The molecule has 2 N–H and O–H groups in total. The summed E-state index contributed by atoms with van der Waals surface area (Å²) in [7, 11) is 0. The van der Waals surface area contributed by atoms with Gasteiger partial charge in [-0.3, -0.25) is 9.59 Å². The Balaban J connectivity index is 1.78. The van der Waals surface area contributed by atoms with Crippen LogP contribution in [0.15, 0.2) is 24.3 Å². The van der Waals surface area contributed by atoms with Crippen molar-refractivity contribution in [2.24, 2.45) is 0 Å². The Morgan fingerprint density at radius 3 is 2.61 bits per heavy atom. The van der Waals surface area contributed by atoms with Crippen molar-refractivity contribution >= 4 is 28.3 Å². The average molecular weight is 332 g/mol. The number of nitrogens with one attached hydrogen (secondary N) is 2. The molecule has 1 heterocycles. The van der Waals surface area contributed by atoms with E-state index in [9.17, 15) is 9.59 Å². The number of benzene rings is 1. The monoisotopic (exact) mass is 332 g/mol. The number of rotatable bonds is 6. The molecule has 0 saturated heterocycles. The van der Waals surface area contributed by atoms with E-state index in [1.54, 1.807) is 6.07 Å². The lowest BCUT2D eigenvalue weighted by molar-refractivity contribution is -0.116. The zero-order valence-electron chi connectivity index (χ0n) is 13.4. The first-order valence-corrected chi connectivity index (χ1v) is 8.26. The van der Waals surface area contributed by atoms with Crippen LogP contribution in [0.3, 0.4) is 0 Å². The minimum absolute atomic E-state index is 0.172. The van der Waals surface area contributed by atoms with E-state index in [2.05, 4.69) is 20.8 Å². The lowest BCUT2D eigenvalue weighted by atomic mass is 10.1. The molecular formula is C16H20N4O2S. The lowest BCUT2D eigenvalue weighted by Gasteiger charge is -2.07. The molecule has 23 heavy (non-hydrogen) atoms. The first-order chi connectivity index (χ1) is 11.0. The highest BCUT2D eigenvalue weighted by molar-refractivity contribution is 7.15. The van der Waals surface area contributed by atoms with Crippen molar-refractivity contribution in [3.8, 4) is 0 Å². The number of carbonyl (C=O) groups excluding carboxylic acids is 2. The molecule has 1 aromatic heterocycles. The van der Waals surface area contributed by atoms with E-state index in [1.165, 1.54) is 11.3 Å². The summed E-state index contributed by atoms with van der Waals surface area (Å²) in [6.07, 6.45) is 0.189. The molecule has 0 saturated carbocycles. The van der Waals surface area contributed by atoms with E-state index < -0.39 is 0 Å². The largest absolute Gasteiger partial charge is 0.352 e. The standard InChI is InChI=1S/C16H20N4O2S/c1-10(2)15-19-20-16(23-15)18-13(21)8-9-17-14(22)12-7-5-4-6-11(12)3/h4-7,10H,8-9H2,1-3H3,(H,17,22)(H,18,20,21). The van der Waals surface area contributed by atoms with Crippen LogP contribution in [0, 0.1) is 6.92 Å². The van der Waals surface area contributed by atoms with Crippen molar-refractivity contribution in [2.45, 2.75) is 33.1 Å². The third-order valence-electron chi connectivity index (χ3n) is 3.21. The molecule has 6 nitrogen and oxygen atoms in total. The third kappa shape index (κ3) is 4.85. The minimum atomic E-state index is -0.193. The van der Waals surface area contributed by atoms with Crippen LogP contribution in [0.2, 0.25) is 0 Å². The molecule has 0 unspecified atom stereocenters. The molecule has 0 aliphatic carbocycles. The van der Waals surface area contributed by atoms with Gasteiger partial charge in [0, 0.05) is 24.4 Å². The summed E-state index contributed by atoms with van der Waals surface area (Å²) in [5.41, 5.74) is 1.53. The highest BCUT2D eigenvalue weighted by atomic mass is 32.1. The number of carbonyl (C=O) groups is 2. The van der Waals surface area contributed by atoms with Gasteiger partial charge in [-0.15, -0.1) is 10.2 Å². The fourth-order valence-corrected chi connectivity index (χ4v) is 2.67. The van der Waals surface area contributed by atoms with Gasteiger partial charge in [-0.2, -0.15) is 0 Å². The normalized spacial score (nSPS) is 10.6. The van der Waals surface area contributed by atoms with Gasteiger partial charge in [0.15, 0.2) is 0 Å². The quantitative estimate of drug-likeness (QED) is 0.852. The Morgan fingerprint density at radius 2 is 1.96 bits per heavy atom. The minimum Gasteiger partial charge on any atom is -0.352 e. The van der Waals surface area contributed by atoms with Crippen molar-refractivity contribution in [3.05, 3.63) is 40.4 Å². The fourth-order valence-electron chi connectivity index (χ4n) is 1.91. The van der Waals surface area contributed by atoms with Crippen molar-refractivity contribution < 1.29 is 9.59 Å². The van der Waals surface area contributed by atoms with Gasteiger partial charge in [0.2, 0.25) is 11.0 Å². The Bertz CT molecular complexity index is 697. The first-order valence-electron chi connectivity index (χ1n) is 7.44. The predicted molar refractivity (Wildman–Crippen MR) is 90.8 cm³/mol. The van der Waals surface area contributed by atoms with Crippen LogP contribution < -0.4 is 10.6 Å². The topological polar surface area (TPSA) is 84.0 Å². The Labute approximate surface area is 139 Å². The van der Waals surface area contributed by atoms with Crippen LogP contribution in [0.5, 0.6) is 0 Å². The Hall–Kier alpha value is -2.28. The smallest absolute Gasteiger partial charge is 0.251 e. The first kappa shape index (κ1) is 17.1. The Kier molecular flexibility index (Phi) is 5.81. The van der Waals surface area contributed by atoms with Gasteiger partial charge in [-0.05, 0) is 18.6 Å². The van der Waals surface area contributed by atoms with E-state index in [0.29, 0.717) is 10.7 Å². The van der Waals surface area contributed by atoms with Gasteiger partial charge in [0.25, 0.3) is 5.91 Å². The molecule has 7 heteroatoms. The maximum atomic E-state index is 12.0. The summed E-state index contributed by atoms with van der Waals surface area (Å²) in [6, 6.07) is 7.34. The van der Waals surface area contributed by atoms with Gasteiger partial charge in [0.1, 0.15) is 5.01 Å². The fraction of sp³-hybridized carbons (Fsp3) is 0.375. The molecule has 0 aliphatic rings. The van der Waals surface area contributed by atoms with E-state index in [-0.39, 0.29) is 30.7 Å². The number of hydrogen-bond acceptors (Lipinski definition) is 5. The highest BCUT2D eigenvalue weighted by Gasteiger charge is 2.11. The maximum Gasteiger partial charge on any atom is 0.251 e. The van der Waals surface area contributed by atoms with Crippen LogP contribution in [-0.2, 0) is 4.79 Å². The van der Waals surface area contributed by atoms with Crippen molar-refractivity contribution in [3.63, 3.8) is 0 Å². The van der Waals surface area contributed by atoms with E-state index in [0.717, 1.165) is 10.6 Å². The second-order valence-corrected chi connectivity index (χ2v) is 6.48. The van der Waals surface area contributed by atoms with Gasteiger partial charge in [-0.1, -0.05) is 43.4 Å². The summed E-state index contributed by atoms with van der Waals surface area (Å²) >= 11 is 1.37. The van der Waals surface area contributed by atoms with Crippen LogP contribution >= 0.6 is 11.3 Å². The SMILES string of the molecule is Cc1ccccc1C(=O)NCCC(=O)Nc1nnc(C(C)C)s1. The number of aryl methyl sites for hydroxylation is 1. The summed E-state index contributed by atoms with van der Waals surface area (Å²) in [6.45, 7) is 6.19. The molecule has 2 aromatic rings. The van der Waals surface area contributed by atoms with Crippen molar-refractivity contribution in [1.29, 1.82) is 0 Å². The van der Waals surface area contributed by atoms with Crippen LogP contribution in [0.1, 0.15) is 47.1 Å². The highest BCUT2D eigenvalue weighted by Crippen LogP contribution is 2.22. The number of nitrogens with zero attached hydrogens (tertiary/aromatic N) is 2. The molecule has 1 aromatic carbocycles. The maximum absolute atomic E-state index is 12.0. The zero-order valence-corrected chi connectivity index (χ0v) is 14.2. The van der Waals surface area contributed by atoms with Gasteiger partial charge in [0.05, 0.1) is 0 Å². The number of hydrogen-bond donors (Lipinski definition) is 2. The van der Waals surface area contributed by atoms with Gasteiger partial charge >= 0.3 is 0 Å². The Morgan fingerprint density at radius 1 is 1.22 bits per heavy atom. The number of amides is 2. The molecule has 0 fully saturated rings. The van der Waals surface area contributed by atoms with Crippen LogP contribution in [0.4, 0.5) is 5.13 Å². The molecule has 122 valence electrons. The molecule has 2 amide bonds. The molecule has 0 bridgehead atoms. The summed E-state index contributed by atoms with van der Waals surface area (Å²) in [5, 5.41) is 14.8. The van der Waals surface area contributed by atoms with E-state index in [1.807, 2.05) is 39.0 Å². The van der Waals surface area contributed by atoms with Gasteiger partial charge in [-0.25, -0.2) is 0 Å². The predicted octanol–water partition coefficient (Wildman–Crippen LogP) is 2.73. The second-order valence-electron chi connectivity index (χ2n) is 5.47. The third-order valence-corrected chi connectivity index (χ3v) is 4.35. The van der Waals surface area contributed by atoms with Crippen molar-refractivity contribution in [2.75, 3.05) is 11.9 Å². The zero-order chi connectivity index (χ0) is 16.8. The second kappa shape index (κ2) is 7.82. The molecule has 2 rings (SSSR count). The molecule has 0 radical (unpaired) electrons. The molecule has 0 atom stereocenters.